The first kappa shape index (κ1) is 16.8. The molecule has 6 nitrogen and oxygen atoms in total. The maximum Gasteiger partial charge on any atom is 0.411 e. The third-order valence-electron chi connectivity index (χ3n) is 4.11. The van der Waals surface area contributed by atoms with Gasteiger partial charge in [0.2, 0.25) is 0 Å². The van der Waals surface area contributed by atoms with E-state index in [4.69, 9.17) is 5.11 Å². The number of fused-ring (bicyclic) bond motifs is 1. The fraction of sp³-hybridized carbons (Fsp3) is 0.222. The molecule has 0 fully saturated rings. The third kappa shape index (κ3) is 3.71. The molecular formula is C18H19FN4O2. The molecule has 3 rings (SSSR count). The average Bonchev–Trinajstić information content (AvgIpc) is 3.01. The van der Waals surface area contributed by atoms with Crippen molar-refractivity contribution < 1.29 is 14.3 Å². The van der Waals surface area contributed by atoms with E-state index in [9.17, 15) is 9.18 Å². The number of carbonyl (C=O) groups is 1. The van der Waals surface area contributed by atoms with Crippen molar-refractivity contribution in [3.8, 4) is 0 Å². The molecule has 2 heterocycles. The molecule has 0 unspecified atom stereocenters. The fourth-order valence-corrected chi connectivity index (χ4v) is 2.67. The summed E-state index contributed by atoms with van der Waals surface area (Å²) in [6, 6.07) is 9.08. The van der Waals surface area contributed by atoms with Gasteiger partial charge in [0, 0.05) is 37.1 Å². The molecule has 0 radical (unpaired) electrons. The van der Waals surface area contributed by atoms with Gasteiger partial charge in [0.15, 0.2) is 0 Å². The molecule has 25 heavy (non-hydrogen) atoms. The maximum absolute atomic E-state index is 13.5. The first-order valence-electron chi connectivity index (χ1n) is 7.96. The minimum atomic E-state index is -1.000. The molecular weight excluding hydrogens is 323 g/mol. The van der Waals surface area contributed by atoms with Gasteiger partial charge in [0.1, 0.15) is 5.82 Å². The molecule has 0 spiro atoms. The van der Waals surface area contributed by atoms with Crippen molar-refractivity contribution in [3.05, 3.63) is 60.3 Å². The highest BCUT2D eigenvalue weighted by Crippen LogP contribution is 2.22. The number of pyridine rings is 1. The summed E-state index contributed by atoms with van der Waals surface area (Å²) in [4.78, 5) is 16.0. The van der Waals surface area contributed by atoms with Crippen molar-refractivity contribution in [3.63, 3.8) is 0 Å². The number of amides is 1. The number of nitrogens with zero attached hydrogens (tertiary/aromatic N) is 3. The topological polar surface area (TPSA) is 70.4 Å². The first-order valence-corrected chi connectivity index (χ1v) is 7.96. The van der Waals surface area contributed by atoms with Gasteiger partial charge >= 0.3 is 6.09 Å². The Bertz CT molecular complexity index is 894. The van der Waals surface area contributed by atoms with E-state index in [1.54, 1.807) is 18.3 Å². The number of aromatic nitrogens is 2. The Hall–Kier alpha value is -3.09. The van der Waals surface area contributed by atoms with Crippen LogP contribution in [-0.2, 0) is 6.42 Å². The smallest absolute Gasteiger partial charge is 0.411 e. The van der Waals surface area contributed by atoms with Gasteiger partial charge in [-0.25, -0.2) is 9.18 Å². The van der Waals surface area contributed by atoms with Gasteiger partial charge in [-0.05, 0) is 48.7 Å². The number of halogens is 1. The van der Waals surface area contributed by atoms with E-state index in [2.05, 4.69) is 10.4 Å². The maximum atomic E-state index is 13.5. The molecule has 2 aromatic heterocycles. The van der Waals surface area contributed by atoms with Crippen molar-refractivity contribution >= 4 is 22.7 Å². The van der Waals surface area contributed by atoms with Crippen LogP contribution in [0.1, 0.15) is 12.0 Å². The molecule has 0 aliphatic rings. The second kappa shape index (κ2) is 7.21. The number of hydrogen-bond donors (Lipinski definition) is 2. The van der Waals surface area contributed by atoms with E-state index in [-0.39, 0.29) is 5.82 Å². The van der Waals surface area contributed by atoms with Crippen molar-refractivity contribution in [2.45, 2.75) is 12.8 Å². The molecule has 7 heteroatoms. The van der Waals surface area contributed by atoms with E-state index >= 15 is 0 Å². The lowest BCUT2D eigenvalue weighted by molar-refractivity contribution is 0.203. The lowest BCUT2D eigenvalue weighted by atomic mass is 10.1. The Morgan fingerprint density at radius 3 is 2.96 bits per heavy atom. The van der Waals surface area contributed by atoms with Crippen LogP contribution < -0.4 is 10.3 Å². The predicted octanol–water partition coefficient (Wildman–Crippen LogP) is 3.47. The molecule has 0 atom stereocenters. The highest BCUT2D eigenvalue weighted by atomic mass is 19.1. The van der Waals surface area contributed by atoms with E-state index in [0.717, 1.165) is 17.3 Å². The van der Waals surface area contributed by atoms with Crippen LogP contribution in [0.25, 0.3) is 10.9 Å². The summed E-state index contributed by atoms with van der Waals surface area (Å²) < 4.78 is 15.4. The summed E-state index contributed by atoms with van der Waals surface area (Å²) in [7, 11) is 1.51. The van der Waals surface area contributed by atoms with Gasteiger partial charge in [-0.1, -0.05) is 0 Å². The van der Waals surface area contributed by atoms with Crippen LogP contribution in [0.2, 0.25) is 0 Å². The first-order chi connectivity index (χ1) is 12.1. The van der Waals surface area contributed by atoms with Crippen LogP contribution in [-0.4, -0.2) is 34.5 Å². The lowest BCUT2D eigenvalue weighted by Gasteiger charge is -2.14. The number of nitrogens with one attached hydrogen (secondary N) is 1. The van der Waals surface area contributed by atoms with Crippen LogP contribution in [0.3, 0.4) is 0 Å². The van der Waals surface area contributed by atoms with Crippen molar-refractivity contribution in [1.82, 2.24) is 9.66 Å². The van der Waals surface area contributed by atoms with Gasteiger partial charge in [-0.15, -0.1) is 0 Å². The molecule has 3 aromatic rings. The highest BCUT2D eigenvalue weighted by molar-refractivity contribution is 5.91. The van der Waals surface area contributed by atoms with E-state index < -0.39 is 6.09 Å². The average molecular weight is 342 g/mol. The monoisotopic (exact) mass is 342 g/mol. The SMILES string of the molecule is CN(C(=O)O)c1ccc2c(ccn2NCCCc2ccncc2F)c1. The van der Waals surface area contributed by atoms with Crippen LogP contribution in [0.15, 0.2) is 48.9 Å². The number of hydrogen-bond acceptors (Lipinski definition) is 3. The number of aryl methyl sites for hydroxylation is 1. The second-order valence-electron chi connectivity index (χ2n) is 5.75. The molecule has 0 saturated carbocycles. The normalized spacial score (nSPS) is 10.8. The van der Waals surface area contributed by atoms with Gasteiger partial charge in [0.25, 0.3) is 0 Å². The largest absolute Gasteiger partial charge is 0.465 e. The predicted molar refractivity (Wildman–Crippen MR) is 95.1 cm³/mol. The summed E-state index contributed by atoms with van der Waals surface area (Å²) in [5.74, 6) is -0.274. The summed E-state index contributed by atoms with van der Waals surface area (Å²) in [6.45, 7) is 0.683. The van der Waals surface area contributed by atoms with Crippen LogP contribution >= 0.6 is 0 Å². The number of carboxylic acid groups (broad SMARTS) is 1. The van der Waals surface area contributed by atoms with Crippen molar-refractivity contribution in [1.29, 1.82) is 0 Å². The Balaban J connectivity index is 1.62. The zero-order chi connectivity index (χ0) is 17.8. The second-order valence-corrected chi connectivity index (χ2v) is 5.75. The minimum Gasteiger partial charge on any atom is -0.465 e. The molecule has 1 aromatic carbocycles. The molecule has 130 valence electrons. The number of rotatable bonds is 6. The minimum absolute atomic E-state index is 0.274. The summed E-state index contributed by atoms with van der Waals surface area (Å²) in [6.07, 6.45) is 5.13. The molecule has 0 bridgehead atoms. The molecule has 0 aliphatic heterocycles. The Labute approximate surface area is 144 Å². The van der Waals surface area contributed by atoms with Crippen LogP contribution in [0, 0.1) is 5.82 Å². The van der Waals surface area contributed by atoms with Crippen LogP contribution in [0.4, 0.5) is 14.9 Å². The quantitative estimate of drug-likeness (QED) is 0.673. The Morgan fingerprint density at radius 2 is 2.20 bits per heavy atom. The van der Waals surface area contributed by atoms with Gasteiger partial charge in [0.05, 0.1) is 11.7 Å². The number of anilines is 1. The van der Waals surface area contributed by atoms with Crippen molar-refractivity contribution in [2.75, 3.05) is 23.9 Å². The molecule has 2 N–H and O–H groups in total. The summed E-state index contributed by atoms with van der Waals surface area (Å²) >= 11 is 0. The van der Waals surface area contributed by atoms with Crippen molar-refractivity contribution in [2.24, 2.45) is 0 Å². The van der Waals surface area contributed by atoms with E-state index in [1.165, 1.54) is 18.1 Å². The van der Waals surface area contributed by atoms with Gasteiger partial charge < -0.3 is 10.5 Å². The third-order valence-corrected chi connectivity index (χ3v) is 4.11. The lowest BCUT2D eigenvalue weighted by Crippen LogP contribution is -2.23. The van der Waals surface area contributed by atoms with Gasteiger partial charge in [-0.3, -0.25) is 14.6 Å². The van der Waals surface area contributed by atoms with E-state index in [1.807, 2.05) is 29.1 Å². The van der Waals surface area contributed by atoms with Crippen LogP contribution in [0.5, 0.6) is 0 Å². The summed E-state index contributed by atoms with van der Waals surface area (Å²) in [5.41, 5.74) is 5.51. The zero-order valence-corrected chi connectivity index (χ0v) is 13.8. The molecule has 0 saturated heterocycles. The molecule has 0 aliphatic carbocycles. The van der Waals surface area contributed by atoms with Gasteiger partial charge in [-0.2, -0.15) is 0 Å². The van der Waals surface area contributed by atoms with E-state index in [0.29, 0.717) is 24.2 Å². The zero-order valence-electron chi connectivity index (χ0n) is 13.8. The highest BCUT2D eigenvalue weighted by Gasteiger charge is 2.10. The Morgan fingerprint density at radius 1 is 1.36 bits per heavy atom. The standard InChI is InChI=1S/C18H19FN4O2/c1-22(18(24)25)15-4-5-17-14(11-15)7-10-23(17)21-8-2-3-13-6-9-20-12-16(13)19/h4-7,9-12,21H,2-3,8H2,1H3,(H,24,25). The Kier molecular flexibility index (Phi) is 4.83. The number of benzene rings is 1. The summed E-state index contributed by atoms with van der Waals surface area (Å²) in [5, 5.41) is 9.99. The fourth-order valence-electron chi connectivity index (χ4n) is 2.67. The molecule has 1 amide bonds.